The van der Waals surface area contributed by atoms with Crippen molar-refractivity contribution < 1.29 is 22.0 Å². The summed E-state index contributed by atoms with van der Waals surface area (Å²) < 4.78 is 65.8. The molecule has 0 atom stereocenters. The van der Waals surface area contributed by atoms with E-state index in [9.17, 15) is 22.0 Å². The second kappa shape index (κ2) is 5.52. The number of benzene rings is 2. The Bertz CT molecular complexity index is 634. The summed E-state index contributed by atoms with van der Waals surface area (Å²) in [4.78, 5) is 0. The van der Waals surface area contributed by atoms with E-state index < -0.39 is 23.4 Å². The molecular weight excluding hydrogens is 343 g/mol. The first-order valence-electron chi connectivity index (χ1n) is 5.55. The van der Waals surface area contributed by atoms with Crippen molar-refractivity contribution in [2.45, 2.75) is 11.5 Å². The molecule has 0 fully saturated rings. The van der Waals surface area contributed by atoms with Gasteiger partial charge in [0.15, 0.2) is 11.6 Å². The van der Waals surface area contributed by atoms with Crippen molar-refractivity contribution in [3.8, 4) is 11.1 Å². The molecule has 2 aromatic rings. The molecule has 0 saturated heterocycles. The summed E-state index contributed by atoms with van der Waals surface area (Å²) in [6.45, 7) is 0. The molecule has 0 aliphatic rings. The molecule has 0 unspecified atom stereocenters. The van der Waals surface area contributed by atoms with E-state index in [4.69, 9.17) is 0 Å². The third-order valence-corrected chi connectivity index (χ3v) is 3.42. The summed E-state index contributed by atoms with van der Waals surface area (Å²) in [7, 11) is 0. The van der Waals surface area contributed by atoms with Crippen molar-refractivity contribution in [3.05, 3.63) is 59.2 Å². The quantitative estimate of drug-likeness (QED) is 0.492. The maximum Gasteiger partial charge on any atom is 0.416 e. The van der Waals surface area contributed by atoms with Crippen molar-refractivity contribution in [2.75, 3.05) is 0 Å². The molecule has 0 aliphatic carbocycles. The fraction of sp³-hybridized carbons (Fsp3) is 0.143. The van der Waals surface area contributed by atoms with Crippen LogP contribution in [-0.4, -0.2) is 0 Å². The van der Waals surface area contributed by atoms with Gasteiger partial charge < -0.3 is 0 Å². The van der Waals surface area contributed by atoms with Crippen LogP contribution in [0.3, 0.4) is 0 Å². The van der Waals surface area contributed by atoms with Gasteiger partial charge in [-0.05, 0) is 23.3 Å². The van der Waals surface area contributed by atoms with Gasteiger partial charge in [-0.25, -0.2) is 8.78 Å². The van der Waals surface area contributed by atoms with Gasteiger partial charge in [-0.3, -0.25) is 0 Å². The monoisotopic (exact) mass is 350 g/mol. The van der Waals surface area contributed by atoms with Crippen LogP contribution in [0.4, 0.5) is 22.0 Å². The summed E-state index contributed by atoms with van der Waals surface area (Å²) in [6.07, 6.45) is -4.55. The normalized spacial score (nSPS) is 11.7. The largest absolute Gasteiger partial charge is 0.416 e. The average molecular weight is 351 g/mol. The van der Waals surface area contributed by atoms with E-state index in [1.54, 1.807) is 0 Å². The Labute approximate surface area is 120 Å². The highest BCUT2D eigenvalue weighted by atomic mass is 79.9. The number of alkyl halides is 4. The zero-order chi connectivity index (χ0) is 14.9. The van der Waals surface area contributed by atoms with Gasteiger partial charge in [-0.1, -0.05) is 40.2 Å². The van der Waals surface area contributed by atoms with Crippen LogP contribution in [0.1, 0.15) is 11.1 Å². The first-order chi connectivity index (χ1) is 9.36. The van der Waals surface area contributed by atoms with Gasteiger partial charge >= 0.3 is 6.18 Å². The third kappa shape index (κ3) is 2.70. The van der Waals surface area contributed by atoms with Crippen LogP contribution >= 0.6 is 15.9 Å². The van der Waals surface area contributed by atoms with Crippen LogP contribution in [-0.2, 0) is 11.5 Å². The van der Waals surface area contributed by atoms with Gasteiger partial charge in [0, 0.05) is 10.9 Å². The number of hydrogen-bond acceptors (Lipinski definition) is 0. The maximum absolute atomic E-state index is 13.8. The van der Waals surface area contributed by atoms with Gasteiger partial charge in [-0.2, -0.15) is 13.2 Å². The van der Waals surface area contributed by atoms with E-state index in [0.29, 0.717) is 0 Å². The standard InChI is InChI=1S/C14H8BrF5/c15-7-10-8(3-1-5-11(10)14(18,19)20)9-4-2-6-12(16)13(9)17/h1-6H,7H2. The highest BCUT2D eigenvalue weighted by molar-refractivity contribution is 9.08. The summed E-state index contributed by atoms with van der Waals surface area (Å²) in [5, 5.41) is -0.117. The van der Waals surface area contributed by atoms with Crippen LogP contribution in [0.2, 0.25) is 0 Å². The fourth-order valence-electron chi connectivity index (χ4n) is 1.96. The van der Waals surface area contributed by atoms with Crippen molar-refractivity contribution in [1.29, 1.82) is 0 Å². The van der Waals surface area contributed by atoms with Gasteiger partial charge in [0.1, 0.15) is 0 Å². The SMILES string of the molecule is Fc1cccc(-c2cccc(C(F)(F)F)c2CBr)c1F. The molecule has 20 heavy (non-hydrogen) atoms. The molecular formula is C14H8BrF5. The summed E-state index contributed by atoms with van der Waals surface area (Å²) in [6, 6.07) is 6.85. The minimum absolute atomic E-state index is 0.0219. The van der Waals surface area contributed by atoms with Crippen LogP contribution in [0.15, 0.2) is 36.4 Å². The highest BCUT2D eigenvalue weighted by Crippen LogP contribution is 2.38. The lowest BCUT2D eigenvalue weighted by atomic mass is 9.95. The molecule has 0 bridgehead atoms. The van der Waals surface area contributed by atoms with Crippen LogP contribution in [0, 0.1) is 11.6 Å². The van der Waals surface area contributed by atoms with Crippen molar-refractivity contribution in [2.24, 2.45) is 0 Å². The zero-order valence-electron chi connectivity index (χ0n) is 9.94. The minimum atomic E-state index is -4.55. The molecule has 2 rings (SSSR count). The van der Waals surface area contributed by atoms with E-state index in [0.717, 1.165) is 12.1 Å². The van der Waals surface area contributed by atoms with Gasteiger partial charge in [0.2, 0.25) is 0 Å². The Morgan fingerprint density at radius 2 is 1.50 bits per heavy atom. The molecule has 0 N–H and O–H groups in total. The first kappa shape index (κ1) is 15.0. The van der Waals surface area contributed by atoms with Gasteiger partial charge in [0.25, 0.3) is 0 Å². The second-order valence-electron chi connectivity index (χ2n) is 4.06. The van der Waals surface area contributed by atoms with E-state index in [-0.39, 0.29) is 22.0 Å². The van der Waals surface area contributed by atoms with Crippen LogP contribution in [0.5, 0.6) is 0 Å². The predicted octanol–water partition coefficient (Wildman–Crippen LogP) is 5.55. The Hall–Kier alpha value is -1.43. The summed E-state index contributed by atoms with van der Waals surface area (Å²) in [5.74, 6) is -2.26. The van der Waals surface area contributed by atoms with E-state index in [1.165, 1.54) is 24.3 Å². The molecule has 0 amide bonds. The van der Waals surface area contributed by atoms with Gasteiger partial charge in [0.05, 0.1) is 5.56 Å². The van der Waals surface area contributed by atoms with Crippen molar-refractivity contribution in [1.82, 2.24) is 0 Å². The molecule has 2 aromatic carbocycles. The molecule has 0 heterocycles. The molecule has 0 aliphatic heterocycles. The Balaban J connectivity index is 2.72. The van der Waals surface area contributed by atoms with E-state index in [1.807, 2.05) is 0 Å². The van der Waals surface area contributed by atoms with Crippen molar-refractivity contribution in [3.63, 3.8) is 0 Å². The second-order valence-corrected chi connectivity index (χ2v) is 4.63. The fourth-order valence-corrected chi connectivity index (χ4v) is 2.56. The molecule has 0 nitrogen and oxygen atoms in total. The lowest BCUT2D eigenvalue weighted by molar-refractivity contribution is -0.138. The van der Waals surface area contributed by atoms with Crippen LogP contribution < -0.4 is 0 Å². The lowest BCUT2D eigenvalue weighted by Gasteiger charge is -2.16. The predicted molar refractivity (Wildman–Crippen MR) is 69.4 cm³/mol. The number of rotatable bonds is 2. The van der Waals surface area contributed by atoms with Crippen molar-refractivity contribution >= 4 is 15.9 Å². The van der Waals surface area contributed by atoms with E-state index in [2.05, 4.69) is 15.9 Å². The molecule has 0 saturated carbocycles. The molecule has 106 valence electrons. The lowest BCUT2D eigenvalue weighted by Crippen LogP contribution is -2.09. The minimum Gasteiger partial charge on any atom is -0.204 e. The van der Waals surface area contributed by atoms with Crippen LogP contribution in [0.25, 0.3) is 11.1 Å². The smallest absolute Gasteiger partial charge is 0.204 e. The van der Waals surface area contributed by atoms with Gasteiger partial charge in [-0.15, -0.1) is 0 Å². The summed E-state index contributed by atoms with van der Waals surface area (Å²) >= 11 is 2.98. The molecule has 6 heteroatoms. The first-order valence-corrected chi connectivity index (χ1v) is 6.68. The third-order valence-electron chi connectivity index (χ3n) is 2.86. The highest BCUT2D eigenvalue weighted by Gasteiger charge is 2.34. The maximum atomic E-state index is 13.8. The number of hydrogen-bond donors (Lipinski definition) is 0. The zero-order valence-corrected chi connectivity index (χ0v) is 11.5. The Morgan fingerprint density at radius 3 is 2.10 bits per heavy atom. The summed E-state index contributed by atoms with van der Waals surface area (Å²) in [5.41, 5.74) is -1.15. The van der Waals surface area contributed by atoms with E-state index >= 15 is 0 Å². The molecule has 0 spiro atoms. The number of halogens is 6. The average Bonchev–Trinajstić information content (AvgIpc) is 2.40. The molecule has 0 radical (unpaired) electrons. The molecule has 0 aromatic heterocycles. The Morgan fingerprint density at radius 1 is 0.900 bits per heavy atom. The Kier molecular flexibility index (Phi) is 4.13. The topological polar surface area (TPSA) is 0 Å².